The van der Waals surface area contributed by atoms with Gasteiger partial charge in [0.05, 0.1) is 18.0 Å². The van der Waals surface area contributed by atoms with Crippen LogP contribution in [0.2, 0.25) is 0 Å². The Morgan fingerprint density at radius 1 is 1.21 bits per heavy atom. The number of methoxy groups -OCH3 is 1. The van der Waals surface area contributed by atoms with Crippen LogP contribution in [0, 0.1) is 6.92 Å². The van der Waals surface area contributed by atoms with E-state index in [4.69, 9.17) is 9.47 Å². The van der Waals surface area contributed by atoms with Gasteiger partial charge in [-0.15, -0.1) is 0 Å². The first kappa shape index (κ1) is 20.7. The van der Waals surface area contributed by atoms with E-state index in [2.05, 4.69) is 4.72 Å². The minimum absolute atomic E-state index is 0.146. The molecule has 0 fully saturated rings. The number of rotatable bonds is 5. The Labute approximate surface area is 168 Å². The number of hydrogen-bond acceptors (Lipinski definition) is 4. The lowest BCUT2D eigenvalue weighted by Gasteiger charge is -2.37. The predicted molar refractivity (Wildman–Crippen MR) is 111 cm³/mol. The molecule has 0 aliphatic carbocycles. The molecule has 0 saturated heterocycles. The van der Waals surface area contributed by atoms with Gasteiger partial charge in [-0.05, 0) is 56.0 Å². The Morgan fingerprint density at radius 3 is 2.54 bits per heavy atom. The first-order valence-corrected chi connectivity index (χ1v) is 11.0. The molecular formula is C22H29NO4S. The van der Waals surface area contributed by atoms with Crippen molar-refractivity contribution in [2.45, 2.75) is 63.5 Å². The Morgan fingerprint density at radius 2 is 1.89 bits per heavy atom. The zero-order chi connectivity index (χ0) is 20.7. The minimum atomic E-state index is -3.73. The molecule has 0 spiro atoms. The van der Waals surface area contributed by atoms with Crippen LogP contribution in [0.3, 0.4) is 0 Å². The van der Waals surface area contributed by atoms with Crippen LogP contribution in [-0.4, -0.2) is 21.1 Å². The van der Waals surface area contributed by atoms with Gasteiger partial charge in [-0.2, -0.15) is 0 Å². The van der Waals surface area contributed by atoms with Crippen LogP contribution in [0.4, 0.5) is 0 Å². The Balaban J connectivity index is 2.02. The second-order valence-corrected chi connectivity index (χ2v) is 9.97. The van der Waals surface area contributed by atoms with E-state index in [1.165, 1.54) is 0 Å². The van der Waals surface area contributed by atoms with Crippen LogP contribution >= 0.6 is 0 Å². The van der Waals surface area contributed by atoms with Crippen molar-refractivity contribution in [3.05, 3.63) is 53.1 Å². The molecule has 5 nitrogen and oxygen atoms in total. The summed E-state index contributed by atoms with van der Waals surface area (Å²) in [7, 11) is -2.12. The largest absolute Gasteiger partial charge is 0.496 e. The van der Waals surface area contributed by atoms with Crippen LogP contribution in [0.1, 0.15) is 62.8 Å². The summed E-state index contributed by atoms with van der Waals surface area (Å²) in [6.07, 6.45) is 0.551. The van der Waals surface area contributed by atoms with E-state index in [-0.39, 0.29) is 12.0 Å². The van der Waals surface area contributed by atoms with Gasteiger partial charge in [0.15, 0.2) is 0 Å². The third-order valence-electron chi connectivity index (χ3n) is 5.11. The average molecular weight is 404 g/mol. The van der Waals surface area contributed by atoms with Crippen molar-refractivity contribution in [1.82, 2.24) is 4.72 Å². The summed E-state index contributed by atoms with van der Waals surface area (Å²) in [5, 5.41) is 0. The van der Waals surface area contributed by atoms with Crippen molar-refractivity contribution < 1.29 is 17.9 Å². The van der Waals surface area contributed by atoms with Crippen molar-refractivity contribution >= 4 is 10.0 Å². The molecule has 3 rings (SSSR count). The van der Waals surface area contributed by atoms with Crippen molar-refractivity contribution in [2.75, 3.05) is 7.11 Å². The van der Waals surface area contributed by atoms with Crippen LogP contribution in [-0.2, 0) is 10.0 Å². The summed E-state index contributed by atoms with van der Waals surface area (Å²) < 4.78 is 41.0. The summed E-state index contributed by atoms with van der Waals surface area (Å²) in [5.41, 5.74) is 1.94. The molecule has 0 radical (unpaired) electrons. The number of hydrogen-bond donors (Lipinski definition) is 1. The molecule has 1 atom stereocenters. The van der Waals surface area contributed by atoms with Gasteiger partial charge in [-0.25, -0.2) is 13.1 Å². The summed E-state index contributed by atoms with van der Waals surface area (Å²) in [6, 6.07) is 10.8. The molecule has 1 aliphatic heterocycles. The lowest BCUT2D eigenvalue weighted by molar-refractivity contribution is 0.0702. The lowest BCUT2D eigenvalue weighted by Crippen LogP contribution is -2.41. The number of ether oxygens (including phenoxy) is 2. The topological polar surface area (TPSA) is 64.6 Å². The summed E-state index contributed by atoms with van der Waals surface area (Å²) in [5.74, 6) is 1.58. The smallest absolute Gasteiger partial charge is 0.241 e. The van der Waals surface area contributed by atoms with Gasteiger partial charge in [-0.1, -0.05) is 32.0 Å². The molecule has 0 amide bonds. The number of nitrogens with one attached hydrogen (secondary N) is 1. The number of sulfonamides is 1. The van der Waals surface area contributed by atoms with Gasteiger partial charge in [0.2, 0.25) is 10.0 Å². The number of fused-ring (bicyclic) bond motifs is 1. The van der Waals surface area contributed by atoms with E-state index in [0.717, 1.165) is 16.9 Å². The molecule has 1 heterocycles. The fourth-order valence-corrected chi connectivity index (χ4v) is 5.23. The lowest BCUT2D eigenvalue weighted by atomic mass is 9.90. The Kier molecular flexibility index (Phi) is 5.47. The monoisotopic (exact) mass is 403 g/mol. The second-order valence-electron chi connectivity index (χ2n) is 8.29. The highest BCUT2D eigenvalue weighted by Crippen LogP contribution is 2.40. The van der Waals surface area contributed by atoms with Gasteiger partial charge in [0, 0.05) is 12.0 Å². The van der Waals surface area contributed by atoms with E-state index < -0.39 is 15.6 Å². The van der Waals surface area contributed by atoms with E-state index in [1.54, 1.807) is 26.2 Å². The zero-order valence-electron chi connectivity index (χ0n) is 17.4. The predicted octanol–water partition coefficient (Wildman–Crippen LogP) is 4.71. The van der Waals surface area contributed by atoms with Crippen molar-refractivity contribution in [3.63, 3.8) is 0 Å². The Bertz CT molecular complexity index is 980. The average Bonchev–Trinajstić information content (AvgIpc) is 2.59. The molecule has 0 aromatic heterocycles. The molecule has 0 saturated carbocycles. The van der Waals surface area contributed by atoms with Crippen molar-refractivity contribution in [3.8, 4) is 11.5 Å². The van der Waals surface area contributed by atoms with Crippen LogP contribution < -0.4 is 14.2 Å². The molecule has 28 heavy (non-hydrogen) atoms. The van der Waals surface area contributed by atoms with Crippen molar-refractivity contribution in [1.29, 1.82) is 0 Å². The van der Waals surface area contributed by atoms with Gasteiger partial charge in [0.25, 0.3) is 0 Å². The SMILES string of the molecule is COc1cc(C)c(S(=O)(=O)N[C@@H]2CC(C)(C)Oc3ccccc32)cc1C(C)C. The molecular weight excluding hydrogens is 374 g/mol. The molecule has 1 N–H and O–H groups in total. The zero-order valence-corrected chi connectivity index (χ0v) is 18.2. The number of para-hydroxylation sites is 1. The second kappa shape index (κ2) is 7.41. The van der Waals surface area contributed by atoms with E-state index >= 15 is 0 Å². The minimum Gasteiger partial charge on any atom is -0.496 e. The summed E-state index contributed by atoms with van der Waals surface area (Å²) in [6.45, 7) is 9.78. The fourth-order valence-electron chi connectivity index (χ4n) is 3.75. The van der Waals surface area contributed by atoms with E-state index in [1.807, 2.05) is 52.0 Å². The van der Waals surface area contributed by atoms with Crippen LogP contribution in [0.15, 0.2) is 41.3 Å². The molecule has 6 heteroatoms. The maximum absolute atomic E-state index is 13.3. The number of benzene rings is 2. The first-order chi connectivity index (χ1) is 13.0. The highest BCUT2D eigenvalue weighted by Gasteiger charge is 2.36. The van der Waals surface area contributed by atoms with E-state index in [0.29, 0.717) is 22.6 Å². The third kappa shape index (κ3) is 4.03. The van der Waals surface area contributed by atoms with Crippen molar-refractivity contribution in [2.24, 2.45) is 0 Å². The quantitative estimate of drug-likeness (QED) is 0.785. The van der Waals surface area contributed by atoms with Gasteiger partial charge < -0.3 is 9.47 Å². The highest BCUT2D eigenvalue weighted by molar-refractivity contribution is 7.89. The third-order valence-corrected chi connectivity index (χ3v) is 6.73. The molecule has 0 bridgehead atoms. The Hall–Kier alpha value is -2.05. The van der Waals surface area contributed by atoms with Gasteiger partial charge >= 0.3 is 0 Å². The maximum Gasteiger partial charge on any atom is 0.241 e. The van der Waals surface area contributed by atoms with Gasteiger partial charge in [-0.3, -0.25) is 0 Å². The van der Waals surface area contributed by atoms with Crippen LogP contribution in [0.25, 0.3) is 0 Å². The highest BCUT2D eigenvalue weighted by atomic mass is 32.2. The molecule has 2 aromatic carbocycles. The normalized spacial score (nSPS) is 18.5. The molecule has 0 unspecified atom stereocenters. The first-order valence-electron chi connectivity index (χ1n) is 9.53. The molecule has 2 aromatic rings. The maximum atomic E-state index is 13.3. The molecule has 1 aliphatic rings. The standard InChI is InChI=1S/C22H29NO4S/c1-14(2)17-12-21(15(3)11-20(17)26-6)28(24,25)23-18-13-22(4,5)27-19-10-8-7-9-16(18)19/h7-12,14,18,23H,13H2,1-6H3/t18-/m1/s1. The fraction of sp³-hybridized carbons (Fsp3) is 0.455. The van der Waals surface area contributed by atoms with E-state index in [9.17, 15) is 8.42 Å². The van der Waals surface area contributed by atoms with Crippen LogP contribution in [0.5, 0.6) is 11.5 Å². The summed E-state index contributed by atoms with van der Waals surface area (Å²) in [4.78, 5) is 0.291. The summed E-state index contributed by atoms with van der Waals surface area (Å²) >= 11 is 0. The molecule has 152 valence electrons. The van der Waals surface area contributed by atoms with Gasteiger partial charge in [0.1, 0.15) is 17.1 Å². The number of aryl methyl sites for hydroxylation is 1.